The van der Waals surface area contributed by atoms with E-state index in [1.54, 1.807) is 25.2 Å². The molecule has 2 rings (SSSR count). The fraction of sp³-hybridized carbons (Fsp3) is 0.600. The molecule has 1 heterocycles. The highest BCUT2D eigenvalue weighted by atomic mass is 19.4. The molecule has 1 saturated heterocycles. The second-order valence-electron chi connectivity index (χ2n) is 5.48. The number of nitrogens with zero attached hydrogens (tertiary/aromatic N) is 1. The molecule has 1 aliphatic heterocycles. The van der Waals surface area contributed by atoms with Gasteiger partial charge in [0.1, 0.15) is 5.82 Å². The molecule has 6 heteroatoms. The first kappa shape index (κ1) is 16.2. The highest BCUT2D eigenvalue weighted by molar-refractivity contribution is 5.21. The van der Waals surface area contributed by atoms with E-state index in [0.29, 0.717) is 25.2 Å². The van der Waals surface area contributed by atoms with Gasteiger partial charge < -0.3 is 10.2 Å². The van der Waals surface area contributed by atoms with Crippen molar-refractivity contribution >= 4 is 0 Å². The maximum atomic E-state index is 13.8. The molecular weight excluding hydrogens is 284 g/mol. The third-order valence-electron chi connectivity index (χ3n) is 4.12. The second-order valence-corrected chi connectivity index (χ2v) is 5.48. The van der Waals surface area contributed by atoms with Crippen molar-refractivity contribution in [2.75, 3.05) is 26.7 Å². The molecule has 1 aromatic rings. The molecule has 1 aliphatic rings. The van der Waals surface area contributed by atoms with Crippen LogP contribution in [0.5, 0.6) is 0 Å². The van der Waals surface area contributed by atoms with Gasteiger partial charge in [-0.15, -0.1) is 0 Å². The summed E-state index contributed by atoms with van der Waals surface area (Å²) < 4.78 is 51.7. The molecule has 0 spiro atoms. The number of benzene rings is 1. The first-order chi connectivity index (χ1) is 9.91. The highest BCUT2D eigenvalue weighted by Gasteiger charge is 2.41. The number of hydrogen-bond donors (Lipinski definition) is 1. The quantitative estimate of drug-likeness (QED) is 0.858. The third kappa shape index (κ3) is 4.17. The van der Waals surface area contributed by atoms with Gasteiger partial charge in [-0.1, -0.05) is 18.2 Å². The number of alkyl halides is 3. The Balaban J connectivity index is 1.94. The zero-order valence-electron chi connectivity index (χ0n) is 12.0. The Morgan fingerprint density at radius 3 is 2.38 bits per heavy atom. The Morgan fingerprint density at radius 1 is 1.24 bits per heavy atom. The zero-order chi connectivity index (χ0) is 15.5. The van der Waals surface area contributed by atoms with Gasteiger partial charge >= 0.3 is 6.18 Å². The molecule has 0 saturated carbocycles. The van der Waals surface area contributed by atoms with Gasteiger partial charge in [-0.25, -0.2) is 4.39 Å². The van der Waals surface area contributed by atoms with Crippen molar-refractivity contribution in [3.05, 3.63) is 35.6 Å². The van der Waals surface area contributed by atoms with Gasteiger partial charge in [0.15, 0.2) is 0 Å². The monoisotopic (exact) mass is 304 g/mol. The summed E-state index contributed by atoms with van der Waals surface area (Å²) in [5.41, 5.74) is 0.554. The standard InChI is InChI=1S/C15H20F4N2/c1-20-14(12-4-2-3-5-13(12)16)10-21-8-6-11(7-9-21)15(17,18)19/h2-5,11,14,20H,6-10H2,1H3. The Hall–Kier alpha value is -1.14. The smallest absolute Gasteiger partial charge is 0.312 e. The molecule has 1 atom stereocenters. The normalized spacial score (nSPS) is 19.7. The van der Waals surface area contributed by atoms with E-state index in [9.17, 15) is 17.6 Å². The van der Waals surface area contributed by atoms with E-state index in [1.807, 2.05) is 4.90 Å². The van der Waals surface area contributed by atoms with Crippen LogP contribution in [0.2, 0.25) is 0 Å². The van der Waals surface area contributed by atoms with Crippen molar-refractivity contribution < 1.29 is 17.6 Å². The topological polar surface area (TPSA) is 15.3 Å². The van der Waals surface area contributed by atoms with Crippen LogP contribution in [0, 0.1) is 11.7 Å². The highest BCUT2D eigenvalue weighted by Crippen LogP contribution is 2.34. The van der Waals surface area contributed by atoms with Crippen molar-refractivity contribution in [3.8, 4) is 0 Å². The summed E-state index contributed by atoms with van der Waals surface area (Å²) in [5.74, 6) is -1.49. The number of likely N-dealkylation sites (N-methyl/N-ethyl adjacent to an activating group) is 1. The Labute approximate surface area is 122 Å². The molecule has 0 aromatic heterocycles. The summed E-state index contributed by atoms with van der Waals surface area (Å²) in [6, 6.07) is 6.28. The van der Waals surface area contributed by atoms with Gasteiger partial charge in [0.2, 0.25) is 0 Å². The predicted molar refractivity (Wildman–Crippen MR) is 73.4 cm³/mol. The van der Waals surface area contributed by atoms with E-state index in [1.165, 1.54) is 6.07 Å². The lowest BCUT2D eigenvalue weighted by Gasteiger charge is -2.35. The number of halogens is 4. The van der Waals surface area contributed by atoms with Crippen LogP contribution in [0.15, 0.2) is 24.3 Å². The fourth-order valence-electron chi connectivity index (χ4n) is 2.80. The SMILES string of the molecule is CNC(CN1CCC(C(F)(F)F)CC1)c1ccccc1F. The van der Waals surface area contributed by atoms with Gasteiger partial charge in [-0.05, 0) is 39.0 Å². The average molecular weight is 304 g/mol. The summed E-state index contributed by atoms with van der Waals surface area (Å²) in [4.78, 5) is 1.97. The zero-order valence-corrected chi connectivity index (χ0v) is 12.0. The van der Waals surface area contributed by atoms with Crippen molar-refractivity contribution in [3.63, 3.8) is 0 Å². The van der Waals surface area contributed by atoms with Crippen molar-refractivity contribution in [1.82, 2.24) is 10.2 Å². The van der Waals surface area contributed by atoms with Gasteiger partial charge in [0.05, 0.1) is 5.92 Å². The fourth-order valence-corrected chi connectivity index (χ4v) is 2.80. The van der Waals surface area contributed by atoms with Crippen LogP contribution in [-0.2, 0) is 0 Å². The first-order valence-corrected chi connectivity index (χ1v) is 7.12. The lowest BCUT2D eigenvalue weighted by molar-refractivity contribution is -0.185. The summed E-state index contributed by atoms with van der Waals surface area (Å²) in [7, 11) is 1.74. The average Bonchev–Trinajstić information content (AvgIpc) is 2.45. The summed E-state index contributed by atoms with van der Waals surface area (Å²) in [6.07, 6.45) is -3.85. The van der Waals surface area contributed by atoms with Crippen LogP contribution in [0.4, 0.5) is 17.6 Å². The molecule has 118 valence electrons. The molecule has 2 nitrogen and oxygen atoms in total. The number of likely N-dealkylation sites (tertiary alicyclic amines) is 1. The van der Waals surface area contributed by atoms with Crippen LogP contribution in [0.3, 0.4) is 0 Å². The number of piperidine rings is 1. The summed E-state index contributed by atoms with van der Waals surface area (Å²) in [5, 5.41) is 3.04. The maximum Gasteiger partial charge on any atom is 0.391 e. The number of hydrogen-bond acceptors (Lipinski definition) is 2. The van der Waals surface area contributed by atoms with Gasteiger partial charge in [-0.3, -0.25) is 0 Å². The molecule has 0 radical (unpaired) electrons. The van der Waals surface area contributed by atoms with Crippen LogP contribution in [-0.4, -0.2) is 37.8 Å². The maximum absolute atomic E-state index is 13.8. The predicted octanol–water partition coefficient (Wildman–Crippen LogP) is 3.36. The molecule has 1 N–H and O–H groups in total. The molecule has 21 heavy (non-hydrogen) atoms. The second kappa shape index (κ2) is 6.75. The van der Waals surface area contributed by atoms with Crippen molar-refractivity contribution in [1.29, 1.82) is 0 Å². The Kier molecular flexibility index (Phi) is 5.22. The molecule has 0 bridgehead atoms. The lowest BCUT2D eigenvalue weighted by Crippen LogP contribution is -2.42. The number of rotatable bonds is 4. The van der Waals surface area contributed by atoms with E-state index < -0.39 is 12.1 Å². The van der Waals surface area contributed by atoms with Gasteiger partial charge in [0, 0.05) is 18.2 Å². The minimum absolute atomic E-state index is 0.122. The van der Waals surface area contributed by atoms with Gasteiger partial charge in [-0.2, -0.15) is 13.2 Å². The van der Waals surface area contributed by atoms with E-state index in [2.05, 4.69) is 5.32 Å². The van der Waals surface area contributed by atoms with E-state index in [0.717, 1.165) is 0 Å². The van der Waals surface area contributed by atoms with E-state index in [4.69, 9.17) is 0 Å². The van der Waals surface area contributed by atoms with Crippen molar-refractivity contribution in [2.45, 2.75) is 25.1 Å². The van der Waals surface area contributed by atoms with Crippen LogP contribution in [0.25, 0.3) is 0 Å². The van der Waals surface area contributed by atoms with Crippen LogP contribution in [0.1, 0.15) is 24.4 Å². The van der Waals surface area contributed by atoms with Crippen LogP contribution >= 0.6 is 0 Å². The van der Waals surface area contributed by atoms with E-state index >= 15 is 0 Å². The summed E-state index contributed by atoms with van der Waals surface area (Å²) in [6.45, 7) is 1.32. The Bertz CT molecular complexity index is 453. The minimum Gasteiger partial charge on any atom is -0.312 e. The summed E-state index contributed by atoms with van der Waals surface area (Å²) >= 11 is 0. The van der Waals surface area contributed by atoms with E-state index in [-0.39, 0.29) is 24.7 Å². The van der Waals surface area contributed by atoms with Gasteiger partial charge in [0.25, 0.3) is 0 Å². The molecule has 0 aliphatic carbocycles. The largest absolute Gasteiger partial charge is 0.391 e. The van der Waals surface area contributed by atoms with Crippen molar-refractivity contribution in [2.24, 2.45) is 5.92 Å². The molecule has 1 unspecified atom stereocenters. The molecular formula is C15H20F4N2. The minimum atomic E-state index is -4.10. The lowest BCUT2D eigenvalue weighted by atomic mass is 9.95. The molecule has 0 amide bonds. The van der Waals surface area contributed by atoms with Crippen LogP contribution < -0.4 is 5.32 Å². The third-order valence-corrected chi connectivity index (χ3v) is 4.12. The number of nitrogens with one attached hydrogen (secondary N) is 1. The molecule has 1 fully saturated rings. The first-order valence-electron chi connectivity index (χ1n) is 7.12. The Morgan fingerprint density at radius 2 is 1.86 bits per heavy atom. The molecule has 1 aromatic carbocycles.